The van der Waals surface area contributed by atoms with Gasteiger partial charge in [-0.05, 0) is 24.1 Å². The summed E-state index contributed by atoms with van der Waals surface area (Å²) in [6, 6.07) is 4.23. The number of alkyl halides is 3. The maximum atomic E-state index is 16.1. The van der Waals surface area contributed by atoms with Crippen LogP contribution in [0.1, 0.15) is 24.5 Å². The van der Waals surface area contributed by atoms with E-state index in [9.17, 15) is 27.6 Å². The zero-order valence-corrected chi connectivity index (χ0v) is 20.8. The SMILES string of the molecule is CC(=O)N1CCC(N(C)c2ncnc3c(F)c(-c4ccc(F)c5sc(N)c(C#N)c45)c(C(F)(F)F)cc23)C1. The van der Waals surface area contributed by atoms with E-state index in [1.54, 1.807) is 22.9 Å². The number of nitriles is 1. The molecule has 0 spiro atoms. The molecule has 2 aromatic heterocycles. The van der Waals surface area contributed by atoms with E-state index < -0.39 is 28.9 Å². The summed E-state index contributed by atoms with van der Waals surface area (Å²) in [5, 5.41) is 9.12. The van der Waals surface area contributed by atoms with Crippen molar-refractivity contribution in [2.45, 2.75) is 25.6 Å². The zero-order valence-electron chi connectivity index (χ0n) is 20.0. The van der Waals surface area contributed by atoms with Gasteiger partial charge in [0.2, 0.25) is 5.91 Å². The molecule has 1 fully saturated rings. The molecule has 0 radical (unpaired) electrons. The molecule has 1 atom stereocenters. The number of nitrogen functional groups attached to an aromatic ring is 1. The Hall–Kier alpha value is -4.05. The van der Waals surface area contributed by atoms with Gasteiger partial charge in [-0.25, -0.2) is 18.7 Å². The van der Waals surface area contributed by atoms with Gasteiger partial charge >= 0.3 is 6.18 Å². The molecule has 38 heavy (non-hydrogen) atoms. The molecular weight excluding hydrogens is 527 g/mol. The van der Waals surface area contributed by atoms with Gasteiger partial charge in [-0.1, -0.05) is 6.07 Å². The monoisotopic (exact) mass is 546 g/mol. The molecule has 1 aliphatic heterocycles. The van der Waals surface area contributed by atoms with Crippen LogP contribution in [0.3, 0.4) is 0 Å². The lowest BCUT2D eigenvalue weighted by atomic mass is 9.92. The molecule has 7 nitrogen and oxygen atoms in total. The number of nitrogens with zero attached hydrogens (tertiary/aromatic N) is 5. The van der Waals surface area contributed by atoms with E-state index in [0.29, 0.717) is 30.8 Å². The second-order valence-corrected chi connectivity index (χ2v) is 10.0. The maximum Gasteiger partial charge on any atom is 0.417 e. The highest BCUT2D eigenvalue weighted by Crippen LogP contribution is 2.47. The number of halogens is 5. The largest absolute Gasteiger partial charge is 0.417 e. The molecule has 1 saturated heterocycles. The number of hydrogen-bond donors (Lipinski definition) is 1. The highest BCUT2D eigenvalue weighted by molar-refractivity contribution is 7.23. The van der Waals surface area contributed by atoms with Gasteiger partial charge in [0.1, 0.15) is 34.5 Å². The van der Waals surface area contributed by atoms with Crippen LogP contribution in [-0.2, 0) is 11.0 Å². The minimum atomic E-state index is -5.02. The van der Waals surface area contributed by atoms with Crippen LogP contribution in [0.5, 0.6) is 0 Å². The normalized spacial score (nSPS) is 15.8. The minimum absolute atomic E-state index is 0.0723. The van der Waals surface area contributed by atoms with Crippen LogP contribution >= 0.6 is 11.3 Å². The number of likely N-dealkylation sites (N-methyl/N-ethyl adjacent to an activating group) is 1. The number of carbonyl (C=O) groups is 1. The molecule has 1 unspecified atom stereocenters. The fourth-order valence-electron chi connectivity index (χ4n) is 4.94. The Morgan fingerprint density at radius 1 is 1.29 bits per heavy atom. The van der Waals surface area contributed by atoms with Crippen LogP contribution in [0.25, 0.3) is 32.1 Å². The molecule has 2 aromatic carbocycles. The Kier molecular flexibility index (Phi) is 6.10. The molecule has 0 aliphatic carbocycles. The van der Waals surface area contributed by atoms with E-state index in [1.807, 2.05) is 0 Å². The molecule has 4 aromatic rings. The maximum absolute atomic E-state index is 16.1. The van der Waals surface area contributed by atoms with Crippen molar-refractivity contribution in [1.82, 2.24) is 14.9 Å². The number of thiophene rings is 1. The molecular formula is C25H19F5N6OS. The number of anilines is 2. The quantitative estimate of drug-likeness (QED) is 0.349. The average Bonchev–Trinajstić information content (AvgIpc) is 3.49. The van der Waals surface area contributed by atoms with Crippen LogP contribution < -0.4 is 10.6 Å². The van der Waals surface area contributed by atoms with Crippen LogP contribution in [0, 0.1) is 23.0 Å². The molecule has 1 aliphatic rings. The smallest absolute Gasteiger partial charge is 0.389 e. The first-order valence-corrected chi connectivity index (χ1v) is 12.2. The Balaban J connectivity index is 1.78. The Morgan fingerprint density at radius 3 is 2.66 bits per heavy atom. The predicted octanol–water partition coefficient (Wildman–Crippen LogP) is 5.32. The number of hydrogen-bond acceptors (Lipinski definition) is 7. The van der Waals surface area contributed by atoms with Crippen molar-refractivity contribution in [2.75, 3.05) is 30.8 Å². The summed E-state index contributed by atoms with van der Waals surface area (Å²) in [4.78, 5) is 23.1. The van der Waals surface area contributed by atoms with E-state index in [1.165, 1.54) is 6.92 Å². The predicted molar refractivity (Wildman–Crippen MR) is 133 cm³/mol. The Bertz CT molecular complexity index is 1660. The highest BCUT2D eigenvalue weighted by Gasteiger charge is 2.38. The molecule has 1 amide bonds. The molecule has 13 heteroatoms. The summed E-state index contributed by atoms with van der Waals surface area (Å²) in [7, 11) is 1.62. The summed E-state index contributed by atoms with van der Waals surface area (Å²) in [6.45, 7) is 2.25. The van der Waals surface area contributed by atoms with Crippen molar-refractivity contribution in [3.8, 4) is 17.2 Å². The second-order valence-electron chi connectivity index (χ2n) is 8.97. The summed E-state index contributed by atoms with van der Waals surface area (Å²) >= 11 is 0.701. The molecule has 196 valence electrons. The van der Waals surface area contributed by atoms with Crippen molar-refractivity contribution < 1.29 is 26.7 Å². The summed E-state index contributed by atoms with van der Waals surface area (Å²) in [5.74, 6) is -2.13. The van der Waals surface area contributed by atoms with E-state index in [0.717, 1.165) is 24.5 Å². The molecule has 2 N–H and O–H groups in total. The van der Waals surface area contributed by atoms with E-state index in [2.05, 4.69) is 9.97 Å². The third kappa shape index (κ3) is 3.96. The number of likely N-dealkylation sites (tertiary alicyclic amines) is 1. The van der Waals surface area contributed by atoms with Crippen molar-refractivity contribution in [2.24, 2.45) is 0 Å². The lowest BCUT2D eigenvalue weighted by molar-refractivity contribution is -0.137. The summed E-state index contributed by atoms with van der Waals surface area (Å²) < 4.78 is 73.9. The number of amides is 1. The van der Waals surface area contributed by atoms with Gasteiger partial charge < -0.3 is 15.5 Å². The number of aromatic nitrogens is 2. The topological polar surface area (TPSA) is 99.1 Å². The number of benzene rings is 2. The zero-order chi connectivity index (χ0) is 27.5. The molecule has 5 rings (SSSR count). The van der Waals surface area contributed by atoms with Gasteiger partial charge in [-0.2, -0.15) is 18.4 Å². The Labute approximate surface area is 216 Å². The van der Waals surface area contributed by atoms with Gasteiger partial charge in [0.15, 0.2) is 5.82 Å². The van der Waals surface area contributed by atoms with Gasteiger partial charge in [-0.15, -0.1) is 11.3 Å². The van der Waals surface area contributed by atoms with Crippen molar-refractivity contribution >= 4 is 49.1 Å². The first-order chi connectivity index (χ1) is 17.9. The van der Waals surface area contributed by atoms with Gasteiger partial charge in [-0.3, -0.25) is 4.79 Å². The number of rotatable bonds is 3. The van der Waals surface area contributed by atoms with Gasteiger partial charge in [0.25, 0.3) is 0 Å². The number of nitrogens with two attached hydrogens (primary N) is 1. The Morgan fingerprint density at radius 2 is 2.03 bits per heavy atom. The average molecular weight is 547 g/mol. The van der Waals surface area contributed by atoms with E-state index in [4.69, 9.17) is 5.73 Å². The van der Waals surface area contributed by atoms with Gasteiger partial charge in [0.05, 0.1) is 15.8 Å². The van der Waals surface area contributed by atoms with Gasteiger partial charge in [0, 0.05) is 49.4 Å². The fourth-order valence-corrected chi connectivity index (χ4v) is 5.89. The van der Waals surface area contributed by atoms with Crippen molar-refractivity contribution in [3.05, 3.63) is 47.3 Å². The summed E-state index contributed by atoms with van der Waals surface area (Å²) in [6.07, 6.45) is -3.42. The van der Waals surface area contributed by atoms with Crippen LogP contribution in [0.4, 0.5) is 32.8 Å². The molecule has 0 bridgehead atoms. The van der Waals surface area contributed by atoms with Crippen LogP contribution in [-0.4, -0.2) is 47.0 Å². The number of fused-ring (bicyclic) bond motifs is 2. The lowest BCUT2D eigenvalue weighted by Gasteiger charge is -2.27. The van der Waals surface area contributed by atoms with Crippen LogP contribution in [0.15, 0.2) is 24.5 Å². The molecule has 0 saturated carbocycles. The highest BCUT2D eigenvalue weighted by atomic mass is 32.1. The lowest BCUT2D eigenvalue weighted by Crippen LogP contribution is -2.36. The third-order valence-electron chi connectivity index (χ3n) is 6.84. The minimum Gasteiger partial charge on any atom is -0.389 e. The number of carbonyl (C=O) groups excluding carboxylic acids is 1. The van der Waals surface area contributed by atoms with Crippen molar-refractivity contribution in [3.63, 3.8) is 0 Å². The van der Waals surface area contributed by atoms with Crippen LogP contribution in [0.2, 0.25) is 0 Å². The first-order valence-electron chi connectivity index (χ1n) is 11.4. The van der Waals surface area contributed by atoms with Crippen molar-refractivity contribution in [1.29, 1.82) is 5.26 Å². The third-order valence-corrected chi connectivity index (χ3v) is 7.87. The first kappa shape index (κ1) is 25.6. The standard InChI is InChI=1S/C25H19F5N6OS/c1-11(37)36-6-5-12(9-36)35(2)24-14-7-16(25(28,29)30)19(20(27)21(14)33-10-34-24)13-3-4-17(26)22-18(13)15(8-31)23(32)38-22/h3-4,7,10,12H,5-6,9,32H2,1-2H3. The summed E-state index contributed by atoms with van der Waals surface area (Å²) in [5.41, 5.74) is 2.73. The van der Waals surface area contributed by atoms with E-state index in [-0.39, 0.29) is 54.9 Å². The fraction of sp³-hybridized carbons (Fsp3) is 0.280. The molecule has 3 heterocycles. The second kappa shape index (κ2) is 9.05. The van der Waals surface area contributed by atoms with E-state index >= 15 is 4.39 Å².